The number of aryl methyl sites for hydroxylation is 1. The highest BCUT2D eigenvalue weighted by Crippen LogP contribution is 2.29. The van der Waals surface area contributed by atoms with Crippen LogP contribution in [0.25, 0.3) is 0 Å². The molecule has 0 aliphatic rings. The third-order valence-corrected chi connectivity index (χ3v) is 5.02. The first-order valence-corrected chi connectivity index (χ1v) is 7.27. The third kappa shape index (κ3) is 3.83. The molecule has 0 aliphatic carbocycles. The smallest absolute Gasteiger partial charge is 0.398 e. The van der Waals surface area contributed by atoms with E-state index in [1.807, 2.05) is 0 Å². The number of sulfonamides is 1. The summed E-state index contributed by atoms with van der Waals surface area (Å²) in [4.78, 5) is -0.236. The summed E-state index contributed by atoms with van der Waals surface area (Å²) < 4.78 is 61.6. The Bertz CT molecular complexity index is 587. The second kappa shape index (κ2) is 5.29. The van der Waals surface area contributed by atoms with Crippen LogP contribution in [0.5, 0.6) is 0 Å². The van der Waals surface area contributed by atoms with Crippen LogP contribution in [-0.2, 0) is 10.0 Å². The highest BCUT2D eigenvalue weighted by Gasteiger charge is 2.35. The lowest BCUT2D eigenvalue weighted by molar-refractivity contribution is -0.134. The van der Waals surface area contributed by atoms with E-state index in [-0.39, 0.29) is 14.9 Å². The second-order valence-electron chi connectivity index (χ2n) is 4.02. The molecule has 0 aromatic heterocycles. The summed E-state index contributed by atoms with van der Waals surface area (Å²) in [6, 6.07) is 2.59. The van der Waals surface area contributed by atoms with Gasteiger partial charge in [0.1, 0.15) is 6.54 Å². The molecule has 2 N–H and O–H groups in total. The summed E-state index contributed by atoms with van der Waals surface area (Å²) in [7, 11) is -3.35. The Morgan fingerprint density at radius 3 is 2.37 bits per heavy atom. The van der Waals surface area contributed by atoms with Crippen LogP contribution in [0, 0.1) is 6.92 Å². The molecule has 0 saturated heterocycles. The van der Waals surface area contributed by atoms with Gasteiger partial charge >= 0.3 is 6.18 Å². The zero-order valence-electron chi connectivity index (χ0n) is 10.1. The molecule has 0 atom stereocenters. The van der Waals surface area contributed by atoms with E-state index < -0.39 is 22.7 Å². The first-order chi connectivity index (χ1) is 8.45. The van der Waals surface area contributed by atoms with Crippen LogP contribution >= 0.6 is 15.9 Å². The van der Waals surface area contributed by atoms with Crippen molar-refractivity contribution in [1.29, 1.82) is 0 Å². The summed E-state index contributed by atoms with van der Waals surface area (Å²) in [6.45, 7) is -0.0662. The summed E-state index contributed by atoms with van der Waals surface area (Å²) >= 11 is 3.12. The number of halogens is 4. The average Bonchev–Trinajstić information content (AvgIpc) is 2.20. The van der Waals surface area contributed by atoms with Gasteiger partial charge in [-0.1, -0.05) is 0 Å². The molecular formula is C10H12BrF3N2O2S. The molecule has 0 spiro atoms. The van der Waals surface area contributed by atoms with Crippen molar-refractivity contribution in [2.24, 2.45) is 0 Å². The molecule has 0 amide bonds. The van der Waals surface area contributed by atoms with Gasteiger partial charge in [0, 0.05) is 17.2 Å². The van der Waals surface area contributed by atoms with Crippen molar-refractivity contribution in [3.8, 4) is 0 Å². The van der Waals surface area contributed by atoms with E-state index in [0.29, 0.717) is 10.0 Å². The Kier molecular flexibility index (Phi) is 4.53. The molecule has 0 radical (unpaired) electrons. The molecule has 0 unspecified atom stereocenters. The molecule has 0 aliphatic heterocycles. The average molecular weight is 361 g/mol. The van der Waals surface area contributed by atoms with Crippen molar-refractivity contribution in [3.63, 3.8) is 0 Å². The van der Waals surface area contributed by atoms with Gasteiger partial charge < -0.3 is 5.73 Å². The number of rotatable bonds is 3. The largest absolute Gasteiger partial charge is 0.402 e. The van der Waals surface area contributed by atoms with Gasteiger partial charge in [-0.15, -0.1) is 0 Å². The van der Waals surface area contributed by atoms with Crippen LogP contribution < -0.4 is 5.73 Å². The zero-order chi connectivity index (χ0) is 15.0. The maximum atomic E-state index is 12.3. The van der Waals surface area contributed by atoms with Crippen LogP contribution in [0.4, 0.5) is 18.9 Å². The fourth-order valence-corrected chi connectivity index (χ4v) is 3.30. The van der Waals surface area contributed by atoms with Gasteiger partial charge in [0.2, 0.25) is 10.0 Å². The van der Waals surface area contributed by atoms with Crippen LogP contribution in [0.15, 0.2) is 21.5 Å². The second-order valence-corrected chi connectivity index (χ2v) is 6.88. The highest BCUT2D eigenvalue weighted by atomic mass is 79.9. The minimum atomic E-state index is -4.60. The standard InChI is InChI=1S/C10H12BrF3N2O2S/c1-6-3-7(11)8(15)4-9(6)19(17,18)16(2)5-10(12,13)14/h3-4H,5,15H2,1-2H3. The molecule has 0 saturated carbocycles. The highest BCUT2D eigenvalue weighted by molar-refractivity contribution is 9.10. The number of alkyl halides is 3. The Balaban J connectivity index is 3.25. The molecule has 1 rings (SSSR count). The lowest BCUT2D eigenvalue weighted by atomic mass is 10.2. The number of benzene rings is 1. The van der Waals surface area contributed by atoms with E-state index in [0.717, 1.165) is 13.1 Å². The van der Waals surface area contributed by atoms with Gasteiger partial charge in [-0.05, 0) is 40.5 Å². The van der Waals surface area contributed by atoms with E-state index >= 15 is 0 Å². The lowest BCUT2D eigenvalue weighted by Crippen LogP contribution is -2.36. The van der Waals surface area contributed by atoms with Crippen LogP contribution in [-0.4, -0.2) is 32.5 Å². The van der Waals surface area contributed by atoms with E-state index in [1.165, 1.54) is 13.0 Å². The number of hydrogen-bond donors (Lipinski definition) is 1. The maximum absolute atomic E-state index is 12.3. The minimum Gasteiger partial charge on any atom is -0.398 e. The normalized spacial score (nSPS) is 13.0. The van der Waals surface area contributed by atoms with Gasteiger partial charge in [-0.2, -0.15) is 17.5 Å². The summed E-state index contributed by atoms with van der Waals surface area (Å²) in [5.74, 6) is 0. The lowest BCUT2D eigenvalue weighted by Gasteiger charge is -2.20. The monoisotopic (exact) mass is 360 g/mol. The fourth-order valence-electron chi connectivity index (χ4n) is 1.45. The van der Waals surface area contributed by atoms with Crippen molar-refractivity contribution in [2.45, 2.75) is 18.0 Å². The van der Waals surface area contributed by atoms with E-state index in [1.54, 1.807) is 0 Å². The Morgan fingerprint density at radius 2 is 1.89 bits per heavy atom. The number of hydrogen-bond acceptors (Lipinski definition) is 3. The predicted molar refractivity (Wildman–Crippen MR) is 69.2 cm³/mol. The Hall–Kier alpha value is -0.800. The van der Waals surface area contributed by atoms with E-state index in [9.17, 15) is 21.6 Å². The predicted octanol–water partition coefficient (Wildman–Crippen LogP) is 2.52. The van der Waals surface area contributed by atoms with Gasteiger partial charge in [-0.3, -0.25) is 0 Å². The van der Waals surface area contributed by atoms with Gasteiger partial charge in [0.15, 0.2) is 0 Å². The SMILES string of the molecule is Cc1cc(Br)c(N)cc1S(=O)(=O)N(C)CC(F)(F)F. The number of nitrogen functional groups attached to an aromatic ring is 1. The molecule has 0 heterocycles. The molecular weight excluding hydrogens is 349 g/mol. The molecule has 1 aromatic carbocycles. The molecule has 4 nitrogen and oxygen atoms in total. The van der Waals surface area contributed by atoms with Crippen molar-refractivity contribution in [1.82, 2.24) is 4.31 Å². The summed E-state index contributed by atoms with van der Waals surface area (Å²) in [6.07, 6.45) is -4.60. The number of nitrogens with zero attached hydrogens (tertiary/aromatic N) is 1. The molecule has 108 valence electrons. The van der Waals surface area contributed by atoms with E-state index in [2.05, 4.69) is 15.9 Å². The van der Waals surface area contributed by atoms with Crippen molar-refractivity contribution >= 4 is 31.6 Å². The molecule has 0 bridgehead atoms. The minimum absolute atomic E-state index is 0.143. The number of nitrogens with two attached hydrogens (primary N) is 1. The van der Waals surface area contributed by atoms with Gasteiger partial charge in [-0.25, -0.2) is 8.42 Å². The first kappa shape index (κ1) is 16.3. The molecule has 19 heavy (non-hydrogen) atoms. The number of anilines is 1. The van der Waals surface area contributed by atoms with Gasteiger partial charge in [0.25, 0.3) is 0 Å². The third-order valence-electron chi connectivity index (χ3n) is 2.38. The maximum Gasteiger partial charge on any atom is 0.402 e. The zero-order valence-corrected chi connectivity index (χ0v) is 12.5. The Morgan fingerprint density at radius 1 is 1.37 bits per heavy atom. The van der Waals surface area contributed by atoms with Crippen molar-refractivity contribution in [2.75, 3.05) is 19.3 Å². The Labute approximate surface area is 117 Å². The first-order valence-electron chi connectivity index (χ1n) is 5.04. The van der Waals surface area contributed by atoms with Crippen molar-refractivity contribution < 1.29 is 21.6 Å². The quantitative estimate of drug-likeness (QED) is 0.842. The van der Waals surface area contributed by atoms with Crippen LogP contribution in [0.1, 0.15) is 5.56 Å². The van der Waals surface area contributed by atoms with Crippen LogP contribution in [0.3, 0.4) is 0 Å². The molecule has 9 heteroatoms. The van der Waals surface area contributed by atoms with Crippen LogP contribution in [0.2, 0.25) is 0 Å². The summed E-state index contributed by atoms with van der Waals surface area (Å²) in [5, 5.41) is 0. The van der Waals surface area contributed by atoms with Gasteiger partial charge in [0.05, 0.1) is 4.90 Å². The fraction of sp³-hybridized carbons (Fsp3) is 0.400. The topological polar surface area (TPSA) is 63.4 Å². The van der Waals surface area contributed by atoms with Crippen molar-refractivity contribution in [3.05, 3.63) is 22.2 Å². The summed E-state index contributed by atoms with van der Waals surface area (Å²) in [5.41, 5.74) is 6.02. The molecule has 0 fully saturated rings. The van der Waals surface area contributed by atoms with E-state index in [4.69, 9.17) is 5.73 Å². The molecule has 1 aromatic rings.